The van der Waals surface area contributed by atoms with Crippen LogP contribution in [0.5, 0.6) is 0 Å². The topological polar surface area (TPSA) is 127 Å². The maximum atomic E-state index is 12.9. The predicted molar refractivity (Wildman–Crippen MR) is 99.9 cm³/mol. The second-order valence-electron chi connectivity index (χ2n) is 6.85. The number of aromatic nitrogens is 2. The van der Waals surface area contributed by atoms with E-state index in [0.717, 1.165) is 12.8 Å². The normalized spacial score (nSPS) is 13.9. The van der Waals surface area contributed by atoms with Gasteiger partial charge in [0.2, 0.25) is 0 Å². The quantitative estimate of drug-likeness (QED) is 0.564. The van der Waals surface area contributed by atoms with Crippen molar-refractivity contribution in [3.63, 3.8) is 0 Å². The van der Waals surface area contributed by atoms with Crippen molar-refractivity contribution >= 4 is 11.6 Å². The monoisotopic (exact) mass is 384 g/mol. The number of carbonyl (C=O) groups is 1. The van der Waals surface area contributed by atoms with Gasteiger partial charge < -0.3 is 14.6 Å². The van der Waals surface area contributed by atoms with Crippen molar-refractivity contribution in [2.45, 2.75) is 32.0 Å². The number of ketones is 1. The van der Waals surface area contributed by atoms with Crippen LogP contribution in [0.15, 0.2) is 55.2 Å². The molecule has 0 unspecified atom stereocenters. The number of rotatable bonds is 8. The summed E-state index contributed by atoms with van der Waals surface area (Å²) in [5, 5.41) is 0. The minimum Gasteiger partial charge on any atom is -0.468 e. The highest BCUT2D eigenvalue weighted by molar-refractivity contribution is 6.01. The first-order chi connectivity index (χ1) is 13.5. The SMILES string of the molecule is Nc1c(C(=O)CN(Cc2ccco2)Cc2ccco2)c(=O)[nH]c(=O)n1C1CC1. The fourth-order valence-electron chi connectivity index (χ4n) is 3.23. The summed E-state index contributed by atoms with van der Waals surface area (Å²) in [7, 11) is 0. The second-order valence-corrected chi connectivity index (χ2v) is 6.85. The molecule has 0 amide bonds. The number of furan rings is 2. The molecule has 1 aliphatic carbocycles. The van der Waals surface area contributed by atoms with Gasteiger partial charge in [0.15, 0.2) is 5.78 Å². The van der Waals surface area contributed by atoms with E-state index in [1.165, 1.54) is 4.57 Å². The number of H-pyrrole nitrogens is 1. The molecule has 3 aromatic heterocycles. The fourth-order valence-corrected chi connectivity index (χ4v) is 3.23. The van der Waals surface area contributed by atoms with E-state index in [-0.39, 0.29) is 24.0 Å². The van der Waals surface area contributed by atoms with E-state index in [0.29, 0.717) is 24.6 Å². The first-order valence-corrected chi connectivity index (χ1v) is 8.97. The van der Waals surface area contributed by atoms with E-state index in [4.69, 9.17) is 14.6 Å². The number of anilines is 1. The predicted octanol–water partition coefficient (Wildman–Crippen LogP) is 1.52. The number of nitrogens with zero attached hydrogens (tertiary/aromatic N) is 2. The van der Waals surface area contributed by atoms with Gasteiger partial charge in [-0.3, -0.25) is 24.0 Å². The lowest BCUT2D eigenvalue weighted by Crippen LogP contribution is -2.38. The van der Waals surface area contributed by atoms with Crippen LogP contribution in [0.4, 0.5) is 5.82 Å². The smallest absolute Gasteiger partial charge is 0.330 e. The van der Waals surface area contributed by atoms with Crippen LogP contribution in [0.3, 0.4) is 0 Å². The molecule has 0 bridgehead atoms. The summed E-state index contributed by atoms with van der Waals surface area (Å²) < 4.78 is 12.0. The molecule has 0 spiro atoms. The van der Waals surface area contributed by atoms with Crippen LogP contribution in [0.1, 0.15) is 40.8 Å². The molecule has 0 aliphatic heterocycles. The highest BCUT2D eigenvalue weighted by Gasteiger charge is 2.30. The molecular formula is C19H20N4O5. The Morgan fingerprint density at radius 1 is 1.14 bits per heavy atom. The Hall–Kier alpha value is -3.33. The minimum atomic E-state index is -0.764. The van der Waals surface area contributed by atoms with Crippen molar-refractivity contribution in [1.29, 1.82) is 0 Å². The third-order valence-electron chi connectivity index (χ3n) is 4.66. The van der Waals surface area contributed by atoms with E-state index >= 15 is 0 Å². The van der Waals surface area contributed by atoms with Crippen molar-refractivity contribution in [3.8, 4) is 0 Å². The standard InChI is InChI=1S/C19H20N4O5/c20-17-16(18(25)21-19(26)23(17)12-5-6-12)15(24)11-22(9-13-3-1-7-27-13)10-14-4-2-8-28-14/h1-4,7-8,12H,5-6,9-11,20H2,(H,21,25,26). The van der Waals surface area contributed by atoms with Gasteiger partial charge in [0.25, 0.3) is 5.56 Å². The molecule has 3 aromatic rings. The third-order valence-corrected chi connectivity index (χ3v) is 4.66. The summed E-state index contributed by atoms with van der Waals surface area (Å²) in [6.45, 7) is 0.608. The molecule has 146 valence electrons. The van der Waals surface area contributed by atoms with E-state index in [2.05, 4.69) is 4.98 Å². The van der Waals surface area contributed by atoms with Gasteiger partial charge in [-0.05, 0) is 37.1 Å². The average Bonchev–Trinajstić information content (AvgIpc) is 3.10. The van der Waals surface area contributed by atoms with Gasteiger partial charge in [0, 0.05) is 6.04 Å². The van der Waals surface area contributed by atoms with Gasteiger partial charge in [0.05, 0.1) is 32.2 Å². The number of nitrogen functional groups attached to an aromatic ring is 1. The van der Waals surface area contributed by atoms with Gasteiger partial charge in [-0.1, -0.05) is 0 Å². The number of nitrogens with two attached hydrogens (primary N) is 1. The minimum absolute atomic E-state index is 0.0572. The number of hydrogen-bond donors (Lipinski definition) is 2. The Morgan fingerprint density at radius 3 is 2.25 bits per heavy atom. The highest BCUT2D eigenvalue weighted by atomic mass is 16.3. The van der Waals surface area contributed by atoms with Crippen molar-refractivity contribution in [1.82, 2.24) is 14.5 Å². The zero-order valence-corrected chi connectivity index (χ0v) is 15.1. The zero-order chi connectivity index (χ0) is 19.7. The second kappa shape index (κ2) is 7.35. The van der Waals surface area contributed by atoms with Crippen LogP contribution in [-0.4, -0.2) is 26.8 Å². The van der Waals surface area contributed by atoms with Crippen molar-refractivity contribution in [2.75, 3.05) is 12.3 Å². The first-order valence-electron chi connectivity index (χ1n) is 8.97. The Labute approximate surface area is 159 Å². The maximum absolute atomic E-state index is 12.9. The van der Waals surface area contributed by atoms with Crippen LogP contribution in [0, 0.1) is 0 Å². The van der Waals surface area contributed by atoms with Gasteiger partial charge in [0.1, 0.15) is 22.9 Å². The lowest BCUT2D eigenvalue weighted by Gasteiger charge is -2.20. The van der Waals surface area contributed by atoms with Crippen LogP contribution in [0.2, 0.25) is 0 Å². The van der Waals surface area contributed by atoms with Crippen LogP contribution in [0.25, 0.3) is 0 Å². The zero-order valence-electron chi connectivity index (χ0n) is 15.1. The lowest BCUT2D eigenvalue weighted by molar-refractivity contribution is 0.0907. The molecule has 3 heterocycles. The van der Waals surface area contributed by atoms with E-state index in [9.17, 15) is 14.4 Å². The van der Waals surface area contributed by atoms with Crippen LogP contribution < -0.4 is 17.0 Å². The molecule has 1 fully saturated rings. The van der Waals surface area contributed by atoms with E-state index in [1.54, 1.807) is 41.7 Å². The number of nitrogens with one attached hydrogen (secondary N) is 1. The van der Waals surface area contributed by atoms with Gasteiger partial charge >= 0.3 is 5.69 Å². The summed E-state index contributed by atoms with van der Waals surface area (Å²) in [5.74, 6) is 0.803. The number of hydrogen-bond acceptors (Lipinski definition) is 7. The molecule has 0 aromatic carbocycles. The molecule has 1 saturated carbocycles. The number of Topliss-reactive ketones (excluding diaryl/α,β-unsaturated/α-hetero) is 1. The Kier molecular flexibility index (Phi) is 4.74. The Balaban J connectivity index is 1.61. The Morgan fingerprint density at radius 2 is 1.75 bits per heavy atom. The molecular weight excluding hydrogens is 364 g/mol. The van der Waals surface area contributed by atoms with Crippen molar-refractivity contribution in [2.24, 2.45) is 0 Å². The molecule has 0 saturated heterocycles. The summed E-state index contributed by atoms with van der Waals surface area (Å²) in [6.07, 6.45) is 4.70. The molecule has 0 atom stereocenters. The molecule has 1 aliphatic rings. The summed E-state index contributed by atoms with van der Waals surface area (Å²) in [5.41, 5.74) is 4.51. The van der Waals surface area contributed by atoms with Crippen LogP contribution in [-0.2, 0) is 13.1 Å². The molecule has 9 heteroatoms. The van der Waals surface area contributed by atoms with Gasteiger partial charge in [-0.15, -0.1) is 0 Å². The van der Waals surface area contributed by atoms with E-state index in [1.807, 2.05) is 0 Å². The van der Waals surface area contributed by atoms with Crippen molar-refractivity contribution < 1.29 is 13.6 Å². The fraction of sp³-hybridized carbons (Fsp3) is 0.316. The third kappa shape index (κ3) is 3.70. The van der Waals surface area contributed by atoms with Crippen molar-refractivity contribution in [3.05, 3.63) is 74.7 Å². The summed E-state index contributed by atoms with van der Waals surface area (Å²) in [4.78, 5) is 41.3. The largest absolute Gasteiger partial charge is 0.468 e. The average molecular weight is 384 g/mol. The van der Waals surface area contributed by atoms with E-state index < -0.39 is 17.0 Å². The first kappa shape index (κ1) is 18.1. The Bertz CT molecular complexity index is 1040. The number of carbonyl (C=O) groups excluding carboxylic acids is 1. The maximum Gasteiger partial charge on any atom is 0.330 e. The summed E-state index contributed by atoms with van der Waals surface area (Å²) in [6, 6.07) is 7.06. The molecule has 3 N–H and O–H groups in total. The molecule has 0 radical (unpaired) electrons. The van der Waals surface area contributed by atoms with Crippen LogP contribution >= 0.6 is 0 Å². The molecule has 28 heavy (non-hydrogen) atoms. The molecule has 9 nitrogen and oxygen atoms in total. The highest BCUT2D eigenvalue weighted by Crippen LogP contribution is 2.35. The van der Waals surface area contributed by atoms with Gasteiger partial charge in [-0.2, -0.15) is 0 Å². The molecule has 4 rings (SSSR count). The lowest BCUT2D eigenvalue weighted by atomic mass is 10.1. The summed E-state index contributed by atoms with van der Waals surface area (Å²) >= 11 is 0. The van der Waals surface area contributed by atoms with Gasteiger partial charge in [-0.25, -0.2) is 4.79 Å². The number of aromatic amines is 1.